The second kappa shape index (κ2) is 5.11. The number of carbonyl (C=O) groups is 1. The maximum atomic E-state index is 12.8. The number of hydrogen-bond acceptors (Lipinski definition) is 5. The molecule has 4 rings (SSSR count). The van der Waals surface area contributed by atoms with Crippen LogP contribution in [0.4, 0.5) is 0 Å². The van der Waals surface area contributed by atoms with Gasteiger partial charge in [0.2, 0.25) is 0 Å². The largest absolute Gasteiger partial charge is 0.507 e. The molecule has 3 aliphatic rings. The molecule has 0 radical (unpaired) electrons. The number of phenolic OH excluding ortho intramolecular Hbond substituents is 2. The van der Waals surface area contributed by atoms with E-state index in [1.54, 1.807) is 6.08 Å². The molecule has 0 bridgehead atoms. The molecule has 0 saturated carbocycles. The van der Waals surface area contributed by atoms with Crippen molar-refractivity contribution in [2.24, 2.45) is 0 Å². The summed E-state index contributed by atoms with van der Waals surface area (Å²) in [5.74, 6) is -0.187. The highest BCUT2D eigenvalue weighted by Crippen LogP contribution is 2.59. The first-order valence-electron chi connectivity index (χ1n) is 8.62. The molecule has 1 aromatic rings. The highest BCUT2D eigenvalue weighted by molar-refractivity contribution is 6.12. The van der Waals surface area contributed by atoms with Gasteiger partial charge in [-0.05, 0) is 42.6 Å². The van der Waals surface area contributed by atoms with Gasteiger partial charge in [-0.1, -0.05) is 13.8 Å². The van der Waals surface area contributed by atoms with Gasteiger partial charge < -0.3 is 20.1 Å². The van der Waals surface area contributed by atoms with Crippen molar-refractivity contribution in [2.45, 2.75) is 44.9 Å². The zero-order valence-electron chi connectivity index (χ0n) is 14.6. The summed E-state index contributed by atoms with van der Waals surface area (Å²) in [6.45, 7) is 6.11. The van der Waals surface area contributed by atoms with Crippen molar-refractivity contribution in [1.29, 1.82) is 0 Å². The number of aliphatic hydroxyl groups is 1. The van der Waals surface area contributed by atoms with Crippen LogP contribution in [0.1, 0.15) is 61.0 Å². The Labute approximate surface area is 146 Å². The first-order valence-corrected chi connectivity index (χ1v) is 8.62. The van der Waals surface area contributed by atoms with Gasteiger partial charge in [0.05, 0.1) is 18.8 Å². The number of benzene rings is 1. The molecule has 25 heavy (non-hydrogen) atoms. The van der Waals surface area contributed by atoms with Gasteiger partial charge in [-0.25, -0.2) is 0 Å². The standard InChI is InChI=1S/C20H22O5/c1-9-8-25-19-14(9)17(23)15-13(22)6-12-10(2)11(7-21)4-5-20(12,3)16(15)18(19)24/h6,9,21,23-24H,4-5,7-8H2,1-3H3/t9-,20+/m1/s1. The molecule has 1 aromatic carbocycles. The van der Waals surface area contributed by atoms with Gasteiger partial charge in [0, 0.05) is 22.5 Å². The smallest absolute Gasteiger partial charge is 0.190 e. The average Bonchev–Trinajstić information content (AvgIpc) is 2.96. The van der Waals surface area contributed by atoms with Crippen LogP contribution < -0.4 is 4.74 Å². The van der Waals surface area contributed by atoms with Gasteiger partial charge in [-0.2, -0.15) is 0 Å². The van der Waals surface area contributed by atoms with E-state index in [4.69, 9.17) is 4.74 Å². The van der Waals surface area contributed by atoms with Crippen LogP contribution in [0.15, 0.2) is 22.8 Å². The number of phenols is 2. The van der Waals surface area contributed by atoms with Crippen molar-refractivity contribution in [3.05, 3.63) is 39.5 Å². The number of aliphatic hydroxyl groups excluding tert-OH is 1. The van der Waals surface area contributed by atoms with Gasteiger partial charge in [0.25, 0.3) is 0 Å². The zero-order chi connectivity index (χ0) is 18.1. The van der Waals surface area contributed by atoms with Crippen LogP contribution >= 0.6 is 0 Å². The Morgan fingerprint density at radius 1 is 1.32 bits per heavy atom. The van der Waals surface area contributed by atoms with Crippen molar-refractivity contribution in [3.8, 4) is 17.2 Å². The van der Waals surface area contributed by atoms with E-state index in [0.29, 0.717) is 36.3 Å². The third kappa shape index (κ3) is 1.90. The number of allylic oxidation sites excluding steroid dienone is 3. The van der Waals surface area contributed by atoms with Gasteiger partial charge in [0.15, 0.2) is 17.3 Å². The molecule has 132 valence electrons. The Hall–Kier alpha value is -2.27. The summed E-state index contributed by atoms with van der Waals surface area (Å²) in [5.41, 5.74) is 3.18. The molecule has 3 N–H and O–H groups in total. The highest BCUT2D eigenvalue weighted by Gasteiger charge is 2.47. The molecule has 2 aliphatic carbocycles. The molecule has 0 aromatic heterocycles. The lowest BCUT2D eigenvalue weighted by molar-refractivity contribution is 0.103. The first kappa shape index (κ1) is 16.2. The summed E-state index contributed by atoms with van der Waals surface area (Å²) in [5, 5.41) is 31.3. The lowest BCUT2D eigenvalue weighted by Crippen LogP contribution is -2.35. The normalized spacial score (nSPS) is 27.4. The van der Waals surface area contributed by atoms with Crippen LogP contribution in [0.3, 0.4) is 0 Å². The average molecular weight is 342 g/mol. The quantitative estimate of drug-likeness (QED) is 0.683. The first-order chi connectivity index (χ1) is 11.8. The van der Waals surface area contributed by atoms with E-state index in [1.807, 2.05) is 20.8 Å². The summed E-state index contributed by atoms with van der Waals surface area (Å²) >= 11 is 0. The van der Waals surface area contributed by atoms with Crippen LogP contribution in [0.2, 0.25) is 0 Å². The monoisotopic (exact) mass is 342 g/mol. The number of hydrogen-bond donors (Lipinski definition) is 3. The number of aromatic hydroxyl groups is 2. The van der Waals surface area contributed by atoms with Gasteiger partial charge >= 0.3 is 0 Å². The van der Waals surface area contributed by atoms with Crippen molar-refractivity contribution in [2.75, 3.05) is 13.2 Å². The summed E-state index contributed by atoms with van der Waals surface area (Å²) in [6, 6.07) is 0. The fraction of sp³-hybridized carbons (Fsp3) is 0.450. The minimum absolute atomic E-state index is 0.0335. The van der Waals surface area contributed by atoms with Crippen molar-refractivity contribution in [1.82, 2.24) is 0 Å². The molecule has 1 heterocycles. The maximum absolute atomic E-state index is 12.8. The molecule has 1 aliphatic heterocycles. The molecule has 0 amide bonds. The van der Waals surface area contributed by atoms with Gasteiger partial charge in [-0.15, -0.1) is 0 Å². The molecule has 0 spiro atoms. The molecule has 5 nitrogen and oxygen atoms in total. The van der Waals surface area contributed by atoms with Crippen molar-refractivity contribution < 1.29 is 24.9 Å². The third-order valence-corrected chi connectivity index (χ3v) is 6.13. The SMILES string of the molecule is CC1=C(CO)CC[C@@]2(C)C1=CC(=O)c1c(O)c3c(c(O)c12)OC[C@H]3C. The summed E-state index contributed by atoms with van der Waals surface area (Å²) in [4.78, 5) is 12.8. The minimum Gasteiger partial charge on any atom is -0.507 e. The second-order valence-electron chi connectivity index (χ2n) is 7.54. The van der Waals surface area contributed by atoms with Crippen molar-refractivity contribution >= 4 is 5.78 Å². The molecule has 5 heteroatoms. The number of fused-ring (bicyclic) bond motifs is 4. The Balaban J connectivity index is 2.05. The Kier molecular flexibility index (Phi) is 3.32. The maximum Gasteiger partial charge on any atom is 0.190 e. The zero-order valence-corrected chi connectivity index (χ0v) is 14.6. The van der Waals surface area contributed by atoms with Crippen molar-refractivity contribution in [3.63, 3.8) is 0 Å². The topological polar surface area (TPSA) is 87.0 Å². The molecule has 2 atom stereocenters. The van der Waals surface area contributed by atoms with Crippen LogP contribution in [-0.2, 0) is 5.41 Å². The number of ketones is 1. The number of rotatable bonds is 1. The Bertz CT molecular complexity index is 877. The highest BCUT2D eigenvalue weighted by atomic mass is 16.5. The third-order valence-electron chi connectivity index (χ3n) is 6.13. The summed E-state index contributed by atoms with van der Waals surface area (Å²) in [7, 11) is 0. The lowest BCUT2D eigenvalue weighted by atomic mass is 9.61. The molecule has 0 saturated heterocycles. The van der Waals surface area contributed by atoms with E-state index < -0.39 is 5.41 Å². The fourth-order valence-electron chi connectivity index (χ4n) is 4.65. The Morgan fingerprint density at radius 3 is 2.72 bits per heavy atom. The summed E-state index contributed by atoms with van der Waals surface area (Å²) < 4.78 is 5.62. The number of carbonyl (C=O) groups excluding carboxylic acids is 1. The van der Waals surface area contributed by atoms with Gasteiger partial charge in [0.1, 0.15) is 5.75 Å². The lowest BCUT2D eigenvalue weighted by Gasteiger charge is -2.42. The predicted octanol–water partition coefficient (Wildman–Crippen LogP) is 3.08. The van der Waals surface area contributed by atoms with Crippen LogP contribution in [0.25, 0.3) is 0 Å². The summed E-state index contributed by atoms with van der Waals surface area (Å²) in [6.07, 6.45) is 2.88. The Morgan fingerprint density at radius 2 is 2.04 bits per heavy atom. The van der Waals surface area contributed by atoms with E-state index >= 15 is 0 Å². The molecule has 0 fully saturated rings. The van der Waals surface area contributed by atoms with Crippen LogP contribution in [0, 0.1) is 0 Å². The second-order valence-corrected chi connectivity index (χ2v) is 7.54. The van der Waals surface area contributed by atoms with E-state index in [2.05, 4.69) is 0 Å². The van der Waals surface area contributed by atoms with Crippen LogP contribution in [0.5, 0.6) is 17.2 Å². The van der Waals surface area contributed by atoms with Crippen LogP contribution in [-0.4, -0.2) is 34.3 Å². The minimum atomic E-state index is -0.599. The molecule has 0 unspecified atom stereocenters. The van der Waals surface area contributed by atoms with E-state index in [1.165, 1.54) is 0 Å². The molecular weight excluding hydrogens is 320 g/mol. The van der Waals surface area contributed by atoms with Gasteiger partial charge in [-0.3, -0.25) is 4.79 Å². The predicted molar refractivity (Wildman–Crippen MR) is 92.5 cm³/mol. The number of ether oxygens (including phenoxy) is 1. The van der Waals surface area contributed by atoms with E-state index in [9.17, 15) is 20.1 Å². The van der Waals surface area contributed by atoms with E-state index in [-0.39, 0.29) is 35.4 Å². The fourth-order valence-corrected chi connectivity index (χ4v) is 4.65. The van der Waals surface area contributed by atoms with E-state index in [0.717, 1.165) is 16.7 Å². The molecular formula is C20H22O5.